The lowest BCUT2D eigenvalue weighted by Gasteiger charge is -2.27. The Bertz CT molecular complexity index is 1490. The Morgan fingerprint density at radius 3 is 1.85 bits per heavy atom. The van der Waals surface area contributed by atoms with Gasteiger partial charge in [0.05, 0.1) is 12.4 Å². The number of imidazole rings is 1. The number of aliphatic imine (C=N–C) groups is 2. The minimum atomic E-state index is -1.34. The van der Waals surface area contributed by atoms with E-state index in [4.69, 9.17) is 28.7 Å². The number of rotatable bonds is 23. The molecule has 0 aliphatic heterocycles. The molecule has 0 saturated carbocycles. The molecule has 19 heteroatoms. The molecule has 0 radical (unpaired) electrons. The molecule has 2 aromatic rings. The molecule has 0 bridgehead atoms. The molecule has 1 aromatic heterocycles. The second-order valence-corrected chi connectivity index (χ2v) is 12.7. The predicted molar refractivity (Wildman–Crippen MR) is 195 cm³/mol. The number of hydrogen-bond acceptors (Lipinski definition) is 9. The number of nitrogens with zero attached hydrogens (tertiary/aromatic N) is 3. The predicted octanol–water partition coefficient (Wildman–Crippen LogP) is -2.30. The number of aromatic nitrogens is 2. The van der Waals surface area contributed by atoms with E-state index in [1.165, 1.54) is 12.5 Å². The molecule has 0 aliphatic rings. The fourth-order valence-electron chi connectivity index (χ4n) is 5.10. The number of carbonyl (C=O) groups is 5. The number of amides is 4. The lowest BCUT2D eigenvalue weighted by atomic mass is 10.0. The number of carboxylic acid groups (broad SMARTS) is 1. The van der Waals surface area contributed by atoms with Gasteiger partial charge < -0.3 is 60.0 Å². The number of hydrogen-bond donors (Lipinski definition) is 11. The largest absolute Gasteiger partial charge is 0.480 e. The van der Waals surface area contributed by atoms with Gasteiger partial charge in [0, 0.05) is 37.8 Å². The van der Waals surface area contributed by atoms with Gasteiger partial charge in [-0.05, 0) is 43.6 Å². The molecule has 1 unspecified atom stereocenters. The summed E-state index contributed by atoms with van der Waals surface area (Å²) in [6.45, 7) is 4.15. The van der Waals surface area contributed by atoms with Crippen LogP contribution in [0.2, 0.25) is 0 Å². The minimum Gasteiger partial charge on any atom is -0.480 e. The monoisotopic (exact) mass is 727 g/mol. The Kier molecular flexibility index (Phi) is 18.1. The van der Waals surface area contributed by atoms with Crippen molar-refractivity contribution in [2.75, 3.05) is 13.1 Å². The molecule has 19 nitrogen and oxygen atoms in total. The van der Waals surface area contributed by atoms with Crippen molar-refractivity contribution in [1.82, 2.24) is 31.2 Å². The zero-order valence-corrected chi connectivity index (χ0v) is 29.6. The summed E-state index contributed by atoms with van der Waals surface area (Å²) in [5.74, 6) is -4.25. The zero-order valence-electron chi connectivity index (χ0n) is 29.6. The molecule has 1 heterocycles. The van der Waals surface area contributed by atoms with Crippen LogP contribution in [0.25, 0.3) is 0 Å². The highest BCUT2D eigenvalue weighted by atomic mass is 16.4. The van der Waals surface area contributed by atoms with Crippen molar-refractivity contribution in [2.24, 2.45) is 44.6 Å². The summed E-state index contributed by atoms with van der Waals surface area (Å²) in [7, 11) is 0. The maximum Gasteiger partial charge on any atom is 0.326 e. The van der Waals surface area contributed by atoms with Crippen molar-refractivity contribution in [1.29, 1.82) is 0 Å². The molecular weight excluding hydrogens is 674 g/mol. The van der Waals surface area contributed by atoms with Crippen LogP contribution in [0.15, 0.2) is 52.8 Å². The zero-order chi connectivity index (χ0) is 38.6. The Morgan fingerprint density at radius 1 is 0.750 bits per heavy atom. The quantitative estimate of drug-likeness (QED) is 0.0327. The standard InChI is InChI=1S/C33H53N13O6/c1-19(2)14-24(44-27(47)22(34)10-6-12-40-32(35)36)29(49)43-23(11-7-13-41-33(37)38)28(48)45-25(15-20-8-4-3-5-9-20)30(50)46-26(31(51)52)16-21-17-39-18-42-21/h3-5,8-9,17-19,22-26H,6-7,10-16,34H2,1-2H3,(H,39,42)(H,43,49)(H,44,47)(H,45,48)(H,46,50)(H,51,52)(H4,35,36,40)(H4,37,38,41)/t22-,23-,24-,25?,26-/m0/s1. The van der Waals surface area contributed by atoms with Gasteiger partial charge in [0.2, 0.25) is 23.6 Å². The molecule has 0 fully saturated rings. The van der Waals surface area contributed by atoms with E-state index < -0.39 is 59.8 Å². The number of carboxylic acids is 1. The number of carbonyl (C=O) groups excluding carboxylic acids is 4. The number of benzene rings is 1. The lowest BCUT2D eigenvalue weighted by molar-refractivity contribution is -0.142. The Labute approximate surface area is 302 Å². The maximum absolute atomic E-state index is 13.9. The van der Waals surface area contributed by atoms with Crippen molar-refractivity contribution >= 4 is 41.5 Å². The molecule has 52 heavy (non-hydrogen) atoms. The summed E-state index contributed by atoms with van der Waals surface area (Å²) in [6, 6.07) is 3.04. The van der Waals surface area contributed by atoms with Crippen molar-refractivity contribution < 1.29 is 29.1 Å². The van der Waals surface area contributed by atoms with Crippen LogP contribution in [0.1, 0.15) is 57.2 Å². The fraction of sp³-hybridized carbons (Fsp3) is 0.515. The summed E-state index contributed by atoms with van der Waals surface area (Å²) >= 11 is 0. The molecule has 0 aliphatic carbocycles. The second kappa shape index (κ2) is 22.2. The van der Waals surface area contributed by atoms with Gasteiger partial charge in [0.1, 0.15) is 24.2 Å². The van der Waals surface area contributed by atoms with Crippen LogP contribution < -0.4 is 49.9 Å². The summed E-state index contributed by atoms with van der Waals surface area (Å²) in [6.07, 6.45) is 3.99. The van der Waals surface area contributed by atoms with Crippen LogP contribution in [-0.2, 0) is 36.8 Å². The fourth-order valence-corrected chi connectivity index (χ4v) is 5.10. The minimum absolute atomic E-state index is 0.0105. The summed E-state index contributed by atoms with van der Waals surface area (Å²) in [5, 5.41) is 20.5. The van der Waals surface area contributed by atoms with Crippen LogP contribution in [0.3, 0.4) is 0 Å². The molecule has 286 valence electrons. The summed E-state index contributed by atoms with van der Waals surface area (Å²) in [5.41, 5.74) is 28.8. The van der Waals surface area contributed by atoms with E-state index in [-0.39, 0.29) is 69.5 Å². The van der Waals surface area contributed by atoms with Crippen molar-refractivity contribution in [2.45, 2.75) is 89.0 Å². The third-order valence-corrected chi connectivity index (χ3v) is 7.73. The molecule has 0 saturated heterocycles. The van der Waals surface area contributed by atoms with E-state index in [0.29, 0.717) is 17.7 Å². The average molecular weight is 728 g/mol. The molecule has 1 aromatic carbocycles. The highest BCUT2D eigenvalue weighted by molar-refractivity contribution is 5.95. The van der Waals surface area contributed by atoms with E-state index >= 15 is 0 Å². The highest BCUT2D eigenvalue weighted by Gasteiger charge is 2.32. The highest BCUT2D eigenvalue weighted by Crippen LogP contribution is 2.10. The van der Waals surface area contributed by atoms with Crippen molar-refractivity contribution in [3.63, 3.8) is 0 Å². The van der Waals surface area contributed by atoms with Gasteiger partial charge >= 0.3 is 5.97 Å². The van der Waals surface area contributed by atoms with Crippen LogP contribution in [0.5, 0.6) is 0 Å². The smallest absolute Gasteiger partial charge is 0.326 e. The number of nitrogens with one attached hydrogen (secondary N) is 5. The van der Waals surface area contributed by atoms with Gasteiger partial charge in [-0.2, -0.15) is 0 Å². The van der Waals surface area contributed by atoms with Gasteiger partial charge in [-0.15, -0.1) is 0 Å². The topological polar surface area (TPSA) is 337 Å². The lowest BCUT2D eigenvalue weighted by Crippen LogP contribution is -2.59. The third kappa shape index (κ3) is 16.3. The molecule has 4 amide bonds. The van der Waals surface area contributed by atoms with E-state index in [0.717, 1.165) is 0 Å². The Balaban J connectivity index is 2.30. The van der Waals surface area contributed by atoms with Crippen molar-refractivity contribution in [3.8, 4) is 0 Å². The van der Waals surface area contributed by atoms with Gasteiger partial charge in [0.15, 0.2) is 11.9 Å². The van der Waals surface area contributed by atoms with Gasteiger partial charge in [-0.25, -0.2) is 9.78 Å². The van der Waals surface area contributed by atoms with Gasteiger partial charge in [-0.3, -0.25) is 29.2 Å². The molecule has 5 atom stereocenters. The second-order valence-electron chi connectivity index (χ2n) is 12.7. The number of H-pyrrole nitrogens is 1. The third-order valence-electron chi connectivity index (χ3n) is 7.73. The summed E-state index contributed by atoms with van der Waals surface area (Å²) in [4.78, 5) is 80.8. The normalized spacial score (nSPS) is 13.8. The van der Waals surface area contributed by atoms with Crippen LogP contribution in [0, 0.1) is 5.92 Å². The summed E-state index contributed by atoms with van der Waals surface area (Å²) < 4.78 is 0. The average Bonchev–Trinajstić information content (AvgIpc) is 3.60. The van der Waals surface area contributed by atoms with E-state index in [2.05, 4.69) is 41.2 Å². The van der Waals surface area contributed by atoms with Gasteiger partial charge in [-0.1, -0.05) is 44.2 Å². The first-order valence-corrected chi connectivity index (χ1v) is 17.0. The maximum atomic E-state index is 13.9. The molecule has 16 N–H and O–H groups in total. The SMILES string of the molecule is CC(C)C[C@H](NC(=O)[C@@H](N)CCCN=C(N)N)C(=O)N[C@@H](CCCN=C(N)N)C(=O)NC(Cc1ccccc1)C(=O)N[C@@H](Cc1cnc[nH]1)C(=O)O. The first-order valence-electron chi connectivity index (χ1n) is 17.0. The Hall–Kier alpha value is -5.72. The first-order chi connectivity index (χ1) is 24.7. The van der Waals surface area contributed by atoms with Gasteiger partial charge in [0.25, 0.3) is 0 Å². The molecule has 2 rings (SSSR count). The van der Waals surface area contributed by atoms with Crippen LogP contribution in [0.4, 0.5) is 0 Å². The van der Waals surface area contributed by atoms with E-state index in [9.17, 15) is 29.1 Å². The van der Waals surface area contributed by atoms with Crippen LogP contribution >= 0.6 is 0 Å². The molecular formula is C33H53N13O6. The van der Waals surface area contributed by atoms with E-state index in [1.807, 2.05) is 13.8 Å². The number of guanidine groups is 2. The number of aromatic amines is 1. The molecule has 0 spiro atoms. The van der Waals surface area contributed by atoms with Crippen LogP contribution in [-0.4, -0.2) is 99.9 Å². The first kappa shape index (κ1) is 42.4. The van der Waals surface area contributed by atoms with E-state index in [1.54, 1.807) is 30.3 Å². The number of nitrogens with two attached hydrogens (primary N) is 5. The Morgan fingerprint density at radius 2 is 1.29 bits per heavy atom. The number of aliphatic carboxylic acids is 1. The van der Waals surface area contributed by atoms with Crippen molar-refractivity contribution in [3.05, 3.63) is 54.1 Å².